The molecule has 0 aliphatic heterocycles. The van der Waals surface area contributed by atoms with Gasteiger partial charge in [0.25, 0.3) is 0 Å². The van der Waals surface area contributed by atoms with E-state index in [0.717, 1.165) is 13.1 Å². The fourth-order valence-corrected chi connectivity index (χ4v) is 2.83. The highest BCUT2D eigenvalue weighted by Gasteiger charge is 2.34. The molecule has 0 aromatic carbocycles. The van der Waals surface area contributed by atoms with Gasteiger partial charge in [0.2, 0.25) is 0 Å². The summed E-state index contributed by atoms with van der Waals surface area (Å²) in [4.78, 5) is 0. The first kappa shape index (κ1) is 10.7. The van der Waals surface area contributed by atoms with Crippen molar-refractivity contribution < 1.29 is 0 Å². The highest BCUT2D eigenvalue weighted by Crippen LogP contribution is 2.38. The van der Waals surface area contributed by atoms with Crippen molar-refractivity contribution in [2.75, 3.05) is 6.54 Å². The van der Waals surface area contributed by atoms with Crippen LogP contribution in [0.25, 0.3) is 0 Å². The van der Waals surface area contributed by atoms with E-state index in [4.69, 9.17) is 5.73 Å². The second kappa shape index (κ2) is 4.35. The van der Waals surface area contributed by atoms with Crippen LogP contribution in [0, 0.1) is 0 Å². The van der Waals surface area contributed by atoms with Crippen molar-refractivity contribution >= 4 is 0 Å². The van der Waals surface area contributed by atoms with E-state index in [-0.39, 0.29) is 5.41 Å². The van der Waals surface area contributed by atoms with Crippen LogP contribution >= 0.6 is 0 Å². The second-order valence-corrected chi connectivity index (χ2v) is 4.58. The first-order chi connectivity index (χ1) is 7.32. The Labute approximate surface area is 91.7 Å². The summed E-state index contributed by atoms with van der Waals surface area (Å²) in [7, 11) is 0. The number of aryl methyl sites for hydroxylation is 1. The Morgan fingerprint density at radius 2 is 2.13 bits per heavy atom. The summed E-state index contributed by atoms with van der Waals surface area (Å²) in [6.07, 6.45) is 8.36. The molecular weight excluding hydrogens is 186 g/mol. The molecule has 2 N–H and O–H groups in total. The van der Waals surface area contributed by atoms with Crippen LogP contribution < -0.4 is 5.73 Å². The Balaban J connectivity index is 2.32. The predicted octanol–water partition coefficient (Wildman–Crippen LogP) is 2.06. The van der Waals surface area contributed by atoms with Gasteiger partial charge in [0.1, 0.15) is 0 Å². The molecule has 1 aromatic heterocycles. The summed E-state index contributed by atoms with van der Waals surface area (Å²) in [5, 5.41) is 4.36. The molecule has 84 valence electrons. The van der Waals surface area contributed by atoms with E-state index < -0.39 is 0 Å². The van der Waals surface area contributed by atoms with Gasteiger partial charge in [0.15, 0.2) is 0 Å². The maximum absolute atomic E-state index is 6.01. The number of nitrogens with zero attached hydrogens (tertiary/aromatic N) is 2. The molecule has 2 rings (SSSR count). The zero-order chi connectivity index (χ0) is 10.7. The molecule has 3 heteroatoms. The Morgan fingerprint density at radius 1 is 1.40 bits per heavy atom. The average molecular weight is 207 g/mol. The minimum absolute atomic E-state index is 0.213. The van der Waals surface area contributed by atoms with E-state index in [1.165, 1.54) is 37.8 Å². The maximum atomic E-state index is 6.01. The molecule has 1 saturated carbocycles. The summed E-state index contributed by atoms with van der Waals surface area (Å²) in [6, 6.07) is 2.15. The minimum atomic E-state index is 0.213. The molecule has 0 saturated heterocycles. The highest BCUT2D eigenvalue weighted by atomic mass is 15.3. The molecule has 15 heavy (non-hydrogen) atoms. The number of aromatic nitrogens is 2. The van der Waals surface area contributed by atoms with E-state index in [1.807, 2.05) is 6.20 Å². The largest absolute Gasteiger partial charge is 0.330 e. The van der Waals surface area contributed by atoms with Gasteiger partial charge in [-0.2, -0.15) is 5.10 Å². The SMILES string of the molecule is CCn1nccc1C1(CN)CCCCC1. The van der Waals surface area contributed by atoms with Crippen LogP contribution in [0.1, 0.15) is 44.7 Å². The Morgan fingerprint density at radius 3 is 2.73 bits per heavy atom. The standard InChI is InChI=1S/C12H21N3/c1-2-15-11(6-9-14-15)12(10-13)7-4-3-5-8-12/h6,9H,2-5,7-8,10,13H2,1H3. The molecule has 0 unspecified atom stereocenters. The molecule has 0 radical (unpaired) electrons. The lowest BCUT2D eigenvalue weighted by Crippen LogP contribution is -2.39. The van der Waals surface area contributed by atoms with E-state index in [2.05, 4.69) is 22.8 Å². The van der Waals surface area contributed by atoms with E-state index >= 15 is 0 Å². The predicted molar refractivity (Wildman–Crippen MR) is 61.7 cm³/mol. The molecule has 0 bridgehead atoms. The molecular formula is C12H21N3. The lowest BCUT2D eigenvalue weighted by Gasteiger charge is -2.36. The quantitative estimate of drug-likeness (QED) is 0.824. The molecule has 1 aliphatic rings. The lowest BCUT2D eigenvalue weighted by molar-refractivity contribution is 0.281. The van der Waals surface area contributed by atoms with E-state index in [0.29, 0.717) is 0 Å². The fourth-order valence-electron chi connectivity index (χ4n) is 2.83. The topological polar surface area (TPSA) is 43.8 Å². The van der Waals surface area contributed by atoms with Gasteiger partial charge < -0.3 is 5.73 Å². The van der Waals surface area contributed by atoms with Crippen LogP contribution in [-0.4, -0.2) is 16.3 Å². The summed E-state index contributed by atoms with van der Waals surface area (Å²) in [5.74, 6) is 0. The molecule has 3 nitrogen and oxygen atoms in total. The zero-order valence-electron chi connectivity index (χ0n) is 9.58. The molecule has 1 aliphatic carbocycles. The third-order valence-corrected chi connectivity index (χ3v) is 3.76. The first-order valence-corrected chi connectivity index (χ1v) is 6.05. The third-order valence-electron chi connectivity index (χ3n) is 3.76. The van der Waals surface area contributed by atoms with Gasteiger partial charge in [0.05, 0.1) is 0 Å². The average Bonchev–Trinajstić information content (AvgIpc) is 2.78. The molecule has 1 heterocycles. The molecule has 0 amide bonds. The van der Waals surface area contributed by atoms with Gasteiger partial charge in [-0.3, -0.25) is 4.68 Å². The molecule has 1 fully saturated rings. The maximum Gasteiger partial charge on any atom is 0.0492 e. The van der Waals surface area contributed by atoms with Gasteiger partial charge in [0, 0.05) is 30.4 Å². The molecule has 0 atom stereocenters. The lowest BCUT2D eigenvalue weighted by atomic mass is 9.72. The minimum Gasteiger partial charge on any atom is -0.330 e. The van der Waals surface area contributed by atoms with Crippen LogP contribution in [0.3, 0.4) is 0 Å². The highest BCUT2D eigenvalue weighted by molar-refractivity contribution is 5.18. The molecule has 1 aromatic rings. The van der Waals surface area contributed by atoms with Gasteiger partial charge in [-0.15, -0.1) is 0 Å². The fraction of sp³-hybridized carbons (Fsp3) is 0.750. The van der Waals surface area contributed by atoms with Crippen molar-refractivity contribution in [1.29, 1.82) is 0 Å². The Bertz CT molecular complexity index is 310. The van der Waals surface area contributed by atoms with Crippen molar-refractivity contribution in [1.82, 2.24) is 9.78 Å². The second-order valence-electron chi connectivity index (χ2n) is 4.58. The number of nitrogens with two attached hydrogens (primary N) is 1. The van der Waals surface area contributed by atoms with Gasteiger partial charge >= 0.3 is 0 Å². The van der Waals surface area contributed by atoms with Crippen LogP contribution in [0.15, 0.2) is 12.3 Å². The van der Waals surface area contributed by atoms with Crippen molar-refractivity contribution in [3.8, 4) is 0 Å². The van der Waals surface area contributed by atoms with E-state index in [9.17, 15) is 0 Å². The molecule has 0 spiro atoms. The summed E-state index contributed by atoms with van der Waals surface area (Å²) in [5.41, 5.74) is 7.58. The van der Waals surface area contributed by atoms with Gasteiger partial charge in [-0.25, -0.2) is 0 Å². The first-order valence-electron chi connectivity index (χ1n) is 6.05. The van der Waals surface area contributed by atoms with Crippen LogP contribution in [-0.2, 0) is 12.0 Å². The Kier molecular flexibility index (Phi) is 3.10. The number of hydrogen-bond donors (Lipinski definition) is 1. The van der Waals surface area contributed by atoms with Crippen LogP contribution in [0.4, 0.5) is 0 Å². The van der Waals surface area contributed by atoms with Crippen molar-refractivity contribution in [2.24, 2.45) is 5.73 Å². The third kappa shape index (κ3) is 1.81. The van der Waals surface area contributed by atoms with Crippen LogP contribution in [0.5, 0.6) is 0 Å². The Hall–Kier alpha value is -0.830. The number of rotatable bonds is 3. The summed E-state index contributed by atoms with van der Waals surface area (Å²) in [6.45, 7) is 3.85. The summed E-state index contributed by atoms with van der Waals surface area (Å²) < 4.78 is 2.11. The van der Waals surface area contributed by atoms with Gasteiger partial charge in [-0.1, -0.05) is 19.3 Å². The zero-order valence-corrected chi connectivity index (χ0v) is 9.58. The number of hydrogen-bond acceptors (Lipinski definition) is 2. The monoisotopic (exact) mass is 207 g/mol. The van der Waals surface area contributed by atoms with Crippen molar-refractivity contribution in [3.63, 3.8) is 0 Å². The van der Waals surface area contributed by atoms with Gasteiger partial charge in [-0.05, 0) is 25.8 Å². The van der Waals surface area contributed by atoms with Crippen molar-refractivity contribution in [3.05, 3.63) is 18.0 Å². The van der Waals surface area contributed by atoms with Crippen LogP contribution in [0.2, 0.25) is 0 Å². The van der Waals surface area contributed by atoms with E-state index in [1.54, 1.807) is 0 Å². The smallest absolute Gasteiger partial charge is 0.0492 e. The normalized spacial score (nSPS) is 20.4. The summed E-state index contributed by atoms with van der Waals surface area (Å²) >= 11 is 0. The van der Waals surface area contributed by atoms with Crippen molar-refractivity contribution in [2.45, 2.75) is 51.0 Å².